The Hall–Kier alpha value is -3.23. The lowest BCUT2D eigenvalue weighted by atomic mass is 9.74. The minimum absolute atomic E-state index is 0.188. The van der Waals surface area contributed by atoms with Crippen LogP contribution in [0.4, 0.5) is 24.8 Å². The average Bonchev–Trinajstić information content (AvgIpc) is 3.10. The van der Waals surface area contributed by atoms with Crippen molar-refractivity contribution in [3.8, 4) is 11.5 Å². The highest BCUT2D eigenvalue weighted by atomic mass is 19.4. The van der Waals surface area contributed by atoms with Crippen molar-refractivity contribution in [2.75, 3.05) is 5.32 Å². The number of alkyl halides is 3. The molecule has 9 heteroatoms. The molecule has 4 rings (SSSR count). The van der Waals surface area contributed by atoms with Crippen molar-refractivity contribution in [2.24, 2.45) is 17.8 Å². The number of hydrogen-bond acceptors (Lipinski definition) is 5. The van der Waals surface area contributed by atoms with E-state index in [4.69, 9.17) is 9.72 Å². The van der Waals surface area contributed by atoms with Gasteiger partial charge in [-0.3, -0.25) is 4.79 Å². The zero-order chi connectivity index (χ0) is 26.2. The Bertz CT molecular complexity index is 1240. The third-order valence-corrected chi connectivity index (χ3v) is 6.90. The summed E-state index contributed by atoms with van der Waals surface area (Å²) in [5.74, 6) is 1.82. The fourth-order valence-electron chi connectivity index (χ4n) is 5.23. The molecule has 0 saturated heterocycles. The zero-order valence-corrected chi connectivity index (χ0v) is 21.1. The summed E-state index contributed by atoms with van der Waals surface area (Å²) in [6.45, 7) is 9.99. The third kappa shape index (κ3) is 5.77. The number of ether oxygens (including phenoxy) is 2. The van der Waals surface area contributed by atoms with Crippen LogP contribution in [0.1, 0.15) is 58.6 Å². The van der Waals surface area contributed by atoms with Gasteiger partial charge in [0.25, 0.3) is 0 Å². The van der Waals surface area contributed by atoms with Crippen LogP contribution in [0, 0.1) is 24.7 Å². The Morgan fingerprint density at radius 3 is 2.47 bits per heavy atom. The van der Waals surface area contributed by atoms with Crippen LogP contribution >= 0.6 is 0 Å². The molecule has 1 aliphatic rings. The average molecular weight is 504 g/mol. The topological polar surface area (TPSA) is 65.4 Å². The second-order valence-electron chi connectivity index (χ2n) is 10.1. The van der Waals surface area contributed by atoms with Crippen LogP contribution in [0.15, 0.2) is 36.4 Å². The molecule has 3 atom stereocenters. The zero-order valence-electron chi connectivity index (χ0n) is 21.1. The number of esters is 1. The van der Waals surface area contributed by atoms with Crippen molar-refractivity contribution < 1.29 is 27.4 Å². The van der Waals surface area contributed by atoms with Crippen LogP contribution in [-0.4, -0.2) is 21.9 Å². The molecule has 0 aliphatic heterocycles. The molecule has 1 aromatic heterocycles. The first-order chi connectivity index (χ1) is 16.9. The molecule has 0 radical (unpaired) electrons. The molecule has 194 valence electrons. The first kappa shape index (κ1) is 25.9. The maximum atomic E-state index is 12.6. The van der Waals surface area contributed by atoms with E-state index < -0.39 is 12.3 Å². The van der Waals surface area contributed by atoms with Crippen molar-refractivity contribution >= 4 is 28.6 Å². The summed E-state index contributed by atoms with van der Waals surface area (Å²) in [5, 5.41) is 3.31. The second-order valence-corrected chi connectivity index (χ2v) is 10.1. The Labute approximate surface area is 208 Å². The third-order valence-electron chi connectivity index (χ3n) is 6.90. The van der Waals surface area contributed by atoms with Crippen LogP contribution in [0.25, 0.3) is 11.0 Å². The van der Waals surface area contributed by atoms with E-state index in [1.807, 2.05) is 13.0 Å². The van der Waals surface area contributed by atoms with Crippen LogP contribution < -0.4 is 14.8 Å². The van der Waals surface area contributed by atoms with Gasteiger partial charge in [0, 0.05) is 24.7 Å². The van der Waals surface area contributed by atoms with Crippen LogP contribution in [-0.2, 0) is 4.79 Å². The van der Waals surface area contributed by atoms with Gasteiger partial charge < -0.3 is 19.4 Å². The summed E-state index contributed by atoms with van der Waals surface area (Å²) in [6, 6.07) is 9.55. The number of carbonyl (C=O) groups excluding carboxylic acids is 1. The lowest BCUT2D eigenvalue weighted by Gasteiger charge is -2.39. The minimum atomic E-state index is -4.75. The van der Waals surface area contributed by atoms with E-state index in [1.54, 1.807) is 6.07 Å². The number of nitrogens with one attached hydrogen (secondary N) is 1. The van der Waals surface area contributed by atoms with Gasteiger partial charge in [-0.25, -0.2) is 4.98 Å². The highest BCUT2D eigenvalue weighted by Crippen LogP contribution is 2.45. The van der Waals surface area contributed by atoms with Crippen LogP contribution in [0.3, 0.4) is 0 Å². The first-order valence-electron chi connectivity index (χ1n) is 12.2. The number of hydrogen-bond donors (Lipinski definition) is 1. The highest BCUT2D eigenvalue weighted by Gasteiger charge is 2.35. The minimum Gasteiger partial charge on any atom is -0.426 e. The number of benzene rings is 2. The first-order valence-corrected chi connectivity index (χ1v) is 12.2. The maximum Gasteiger partial charge on any atom is 0.573 e. The van der Waals surface area contributed by atoms with Crippen molar-refractivity contribution in [1.29, 1.82) is 0 Å². The monoisotopic (exact) mass is 503 g/mol. The molecule has 0 unspecified atom stereocenters. The molecule has 0 amide bonds. The van der Waals surface area contributed by atoms with Gasteiger partial charge in [-0.05, 0) is 73.4 Å². The summed E-state index contributed by atoms with van der Waals surface area (Å²) >= 11 is 0. The molecular formula is C27H32F3N3O3. The van der Waals surface area contributed by atoms with E-state index in [-0.39, 0.29) is 11.8 Å². The van der Waals surface area contributed by atoms with Gasteiger partial charge in [-0.2, -0.15) is 0 Å². The van der Waals surface area contributed by atoms with Crippen molar-refractivity contribution in [2.45, 2.75) is 66.3 Å². The van der Waals surface area contributed by atoms with Gasteiger partial charge in [0.05, 0.1) is 11.0 Å². The lowest BCUT2D eigenvalue weighted by molar-refractivity contribution is -0.274. The quantitative estimate of drug-likeness (QED) is 0.278. The van der Waals surface area contributed by atoms with Gasteiger partial charge in [0.15, 0.2) is 0 Å². The number of nitrogens with zero attached hydrogens (tertiary/aromatic N) is 2. The summed E-state index contributed by atoms with van der Waals surface area (Å²) in [7, 11) is 0. The number of aryl methyl sites for hydroxylation is 1. The van der Waals surface area contributed by atoms with E-state index >= 15 is 0 Å². The van der Waals surface area contributed by atoms with Crippen molar-refractivity contribution in [3.05, 3.63) is 42.0 Å². The number of halogens is 3. The smallest absolute Gasteiger partial charge is 0.426 e. The van der Waals surface area contributed by atoms with Gasteiger partial charge in [0.1, 0.15) is 11.5 Å². The summed E-state index contributed by atoms with van der Waals surface area (Å²) in [4.78, 5) is 16.4. The lowest BCUT2D eigenvalue weighted by Crippen LogP contribution is -2.30. The summed E-state index contributed by atoms with van der Waals surface area (Å²) < 4.78 is 49.3. The molecule has 6 nitrogen and oxygen atoms in total. The SMILES string of the molecule is CC(=O)Oc1cc2nc(Nc3ccc(OC(F)(F)F)cc3)n([C@@H]3C[C@H](C)CC[C@H]3C(C)C)c2cc1C. The molecule has 36 heavy (non-hydrogen) atoms. The molecule has 1 saturated carbocycles. The number of imidazole rings is 1. The number of aromatic nitrogens is 2. The highest BCUT2D eigenvalue weighted by molar-refractivity contribution is 5.84. The number of fused-ring (bicyclic) bond motifs is 1. The van der Waals surface area contributed by atoms with E-state index in [2.05, 4.69) is 35.4 Å². The fraction of sp³-hybridized carbons (Fsp3) is 0.481. The Morgan fingerprint density at radius 2 is 1.86 bits per heavy atom. The van der Waals surface area contributed by atoms with Crippen molar-refractivity contribution in [1.82, 2.24) is 9.55 Å². The van der Waals surface area contributed by atoms with Gasteiger partial charge in [0.2, 0.25) is 5.95 Å². The molecule has 1 aliphatic carbocycles. The molecular weight excluding hydrogens is 471 g/mol. The largest absolute Gasteiger partial charge is 0.573 e. The fourth-order valence-corrected chi connectivity index (χ4v) is 5.23. The molecule has 1 heterocycles. The molecule has 2 aromatic carbocycles. The van der Waals surface area contributed by atoms with E-state index in [0.717, 1.165) is 23.9 Å². The van der Waals surface area contributed by atoms with Gasteiger partial charge in [-0.15, -0.1) is 13.2 Å². The van der Waals surface area contributed by atoms with Gasteiger partial charge >= 0.3 is 12.3 Å². The van der Waals surface area contributed by atoms with Gasteiger partial charge in [-0.1, -0.05) is 27.2 Å². The molecule has 1 N–H and O–H groups in total. The van der Waals surface area contributed by atoms with E-state index in [0.29, 0.717) is 40.7 Å². The molecule has 1 fully saturated rings. The molecule has 0 spiro atoms. The second kappa shape index (κ2) is 10.0. The summed E-state index contributed by atoms with van der Waals surface area (Å²) in [6.07, 6.45) is -1.47. The number of rotatable bonds is 6. The van der Waals surface area contributed by atoms with E-state index in [1.165, 1.54) is 37.6 Å². The maximum absolute atomic E-state index is 12.6. The predicted octanol–water partition coefficient (Wildman–Crippen LogP) is 7.55. The van der Waals surface area contributed by atoms with Crippen LogP contribution in [0.2, 0.25) is 0 Å². The standard InChI is InChI=1S/C27H32F3N3O3/c1-15(2)21-11-6-16(3)12-23(21)33-24-13-17(4)25(35-18(5)34)14-22(24)32-26(33)31-19-7-9-20(10-8-19)36-27(28,29)30/h7-10,13-16,21,23H,6,11-12H2,1-5H3,(H,31,32)/t16-,21+,23-/m1/s1. The Morgan fingerprint density at radius 1 is 1.17 bits per heavy atom. The Balaban J connectivity index is 1.79. The Kier molecular flexibility index (Phi) is 7.20. The summed E-state index contributed by atoms with van der Waals surface area (Å²) in [5.41, 5.74) is 3.01. The van der Waals surface area contributed by atoms with E-state index in [9.17, 15) is 18.0 Å². The molecule has 0 bridgehead atoms. The van der Waals surface area contributed by atoms with Crippen molar-refractivity contribution in [3.63, 3.8) is 0 Å². The normalized spacial score (nSPS) is 20.5. The number of carbonyl (C=O) groups is 1. The predicted molar refractivity (Wildman–Crippen MR) is 133 cm³/mol. The molecule has 3 aromatic rings. The van der Waals surface area contributed by atoms with Crippen LogP contribution in [0.5, 0.6) is 11.5 Å². The number of anilines is 2.